The van der Waals surface area contributed by atoms with Gasteiger partial charge in [0.15, 0.2) is 5.65 Å². The van der Waals surface area contributed by atoms with Crippen molar-refractivity contribution in [2.24, 2.45) is 0 Å². The summed E-state index contributed by atoms with van der Waals surface area (Å²) in [4.78, 5) is 28.3. The standard InChI is InChI=1S/C20H13ClN6O/c1-11-4-17-19(24-8-11)27-18(26-17)15-6-14(2-3-16(15)21)25-20(28)13-5-12(7-22)9-23-10-13/h2-6,8-10H,1H3,(H,25,28)(H,24,26,27). The molecule has 1 aromatic carbocycles. The number of H-pyrrole nitrogens is 1. The first kappa shape index (κ1) is 17.6. The van der Waals surface area contributed by atoms with Crippen LogP contribution in [0.5, 0.6) is 0 Å². The van der Waals surface area contributed by atoms with Gasteiger partial charge in [0.25, 0.3) is 5.91 Å². The van der Waals surface area contributed by atoms with E-state index in [0.717, 1.165) is 11.1 Å². The zero-order valence-electron chi connectivity index (χ0n) is 14.7. The number of pyridine rings is 2. The van der Waals surface area contributed by atoms with Gasteiger partial charge in [0.05, 0.1) is 21.7 Å². The van der Waals surface area contributed by atoms with E-state index in [4.69, 9.17) is 16.9 Å². The third kappa shape index (κ3) is 3.41. The maximum Gasteiger partial charge on any atom is 0.257 e. The molecule has 0 aliphatic rings. The Balaban J connectivity index is 1.66. The number of halogens is 1. The summed E-state index contributed by atoms with van der Waals surface area (Å²) in [5, 5.41) is 12.2. The molecule has 0 saturated carbocycles. The maximum atomic E-state index is 12.5. The predicted octanol–water partition coefficient (Wildman–Crippen LogP) is 4.11. The summed E-state index contributed by atoms with van der Waals surface area (Å²) in [7, 11) is 0. The first-order valence-corrected chi connectivity index (χ1v) is 8.70. The van der Waals surface area contributed by atoms with Crippen molar-refractivity contribution < 1.29 is 4.79 Å². The molecule has 3 aromatic heterocycles. The highest BCUT2D eigenvalue weighted by atomic mass is 35.5. The molecule has 0 atom stereocenters. The number of hydrogen-bond acceptors (Lipinski definition) is 5. The van der Waals surface area contributed by atoms with Gasteiger partial charge in [-0.1, -0.05) is 11.6 Å². The molecule has 28 heavy (non-hydrogen) atoms. The Hall–Kier alpha value is -3.76. The Labute approximate surface area is 165 Å². The van der Waals surface area contributed by atoms with E-state index in [1.54, 1.807) is 24.4 Å². The van der Waals surface area contributed by atoms with Crippen LogP contribution < -0.4 is 5.32 Å². The van der Waals surface area contributed by atoms with Crippen LogP contribution in [0.1, 0.15) is 21.5 Å². The molecule has 8 heteroatoms. The number of fused-ring (bicyclic) bond motifs is 1. The van der Waals surface area contributed by atoms with Crippen molar-refractivity contribution in [3.8, 4) is 17.5 Å². The van der Waals surface area contributed by atoms with Crippen molar-refractivity contribution in [3.63, 3.8) is 0 Å². The minimum atomic E-state index is -0.375. The number of benzene rings is 1. The summed E-state index contributed by atoms with van der Waals surface area (Å²) in [6.45, 7) is 1.95. The molecule has 0 spiro atoms. The molecule has 0 fully saturated rings. The van der Waals surface area contributed by atoms with Gasteiger partial charge in [-0.2, -0.15) is 5.26 Å². The average Bonchev–Trinajstić information content (AvgIpc) is 3.12. The van der Waals surface area contributed by atoms with E-state index in [-0.39, 0.29) is 5.91 Å². The first-order chi connectivity index (χ1) is 13.5. The molecule has 136 valence electrons. The Morgan fingerprint density at radius 1 is 1.21 bits per heavy atom. The SMILES string of the molecule is Cc1cnc2nc(-c3cc(NC(=O)c4cncc(C#N)c4)ccc3Cl)[nH]c2c1. The number of nitrogens with one attached hydrogen (secondary N) is 2. The van der Waals surface area contributed by atoms with Crippen LogP contribution in [0.4, 0.5) is 5.69 Å². The van der Waals surface area contributed by atoms with E-state index in [1.165, 1.54) is 18.5 Å². The van der Waals surface area contributed by atoms with Crippen LogP contribution in [0.15, 0.2) is 48.9 Å². The van der Waals surface area contributed by atoms with Crippen molar-refractivity contribution in [1.29, 1.82) is 5.26 Å². The van der Waals surface area contributed by atoms with Crippen LogP contribution in [0, 0.1) is 18.3 Å². The molecule has 4 rings (SSSR count). The number of imidazole rings is 1. The largest absolute Gasteiger partial charge is 0.337 e. The van der Waals surface area contributed by atoms with E-state index in [9.17, 15) is 4.79 Å². The van der Waals surface area contributed by atoms with Gasteiger partial charge in [0.2, 0.25) is 0 Å². The van der Waals surface area contributed by atoms with Gasteiger partial charge < -0.3 is 10.3 Å². The second kappa shape index (κ2) is 7.10. The van der Waals surface area contributed by atoms with Crippen LogP contribution in [0.25, 0.3) is 22.6 Å². The molecule has 4 aromatic rings. The fraction of sp³-hybridized carbons (Fsp3) is 0.0500. The van der Waals surface area contributed by atoms with Gasteiger partial charge in [0.1, 0.15) is 11.9 Å². The van der Waals surface area contributed by atoms with Crippen molar-refractivity contribution >= 4 is 34.4 Å². The zero-order chi connectivity index (χ0) is 19.7. The van der Waals surface area contributed by atoms with Gasteiger partial charge in [-0.25, -0.2) is 9.97 Å². The molecular weight excluding hydrogens is 376 g/mol. The molecule has 0 aliphatic heterocycles. The number of aromatic nitrogens is 4. The molecular formula is C20H13ClN6O. The van der Waals surface area contributed by atoms with E-state index in [0.29, 0.717) is 38.9 Å². The summed E-state index contributed by atoms with van der Waals surface area (Å²) in [6.07, 6.45) is 4.54. The molecule has 7 nitrogen and oxygen atoms in total. The maximum absolute atomic E-state index is 12.5. The zero-order valence-corrected chi connectivity index (χ0v) is 15.4. The Kier molecular flexibility index (Phi) is 4.47. The molecule has 0 unspecified atom stereocenters. The highest BCUT2D eigenvalue weighted by Gasteiger charge is 2.13. The van der Waals surface area contributed by atoms with E-state index < -0.39 is 0 Å². The number of nitriles is 1. The van der Waals surface area contributed by atoms with Crippen molar-refractivity contribution in [2.45, 2.75) is 6.92 Å². The first-order valence-electron chi connectivity index (χ1n) is 8.32. The summed E-state index contributed by atoms with van der Waals surface area (Å²) >= 11 is 6.34. The lowest BCUT2D eigenvalue weighted by Gasteiger charge is -2.08. The molecule has 0 saturated heterocycles. The third-order valence-electron chi connectivity index (χ3n) is 4.08. The average molecular weight is 389 g/mol. The summed E-state index contributed by atoms with van der Waals surface area (Å²) in [6, 6.07) is 10.5. The fourth-order valence-electron chi connectivity index (χ4n) is 2.75. The second-order valence-corrected chi connectivity index (χ2v) is 6.60. The lowest BCUT2D eigenvalue weighted by molar-refractivity contribution is 0.102. The Morgan fingerprint density at radius 3 is 2.89 bits per heavy atom. The number of aryl methyl sites for hydroxylation is 1. The number of amides is 1. The topological polar surface area (TPSA) is 107 Å². The van der Waals surface area contributed by atoms with Crippen LogP contribution in [-0.4, -0.2) is 25.8 Å². The predicted molar refractivity (Wildman–Crippen MR) is 106 cm³/mol. The van der Waals surface area contributed by atoms with Crippen LogP contribution in [0.3, 0.4) is 0 Å². The van der Waals surface area contributed by atoms with Gasteiger partial charge in [-0.3, -0.25) is 9.78 Å². The molecule has 0 radical (unpaired) electrons. The minimum Gasteiger partial charge on any atom is -0.337 e. The van der Waals surface area contributed by atoms with Crippen LogP contribution >= 0.6 is 11.6 Å². The van der Waals surface area contributed by atoms with Crippen LogP contribution in [0.2, 0.25) is 5.02 Å². The smallest absolute Gasteiger partial charge is 0.257 e. The lowest BCUT2D eigenvalue weighted by Crippen LogP contribution is -2.12. The number of carbonyl (C=O) groups excluding carboxylic acids is 1. The Morgan fingerprint density at radius 2 is 2.07 bits per heavy atom. The molecule has 3 heterocycles. The fourth-order valence-corrected chi connectivity index (χ4v) is 2.95. The van der Waals surface area contributed by atoms with Gasteiger partial charge in [-0.05, 0) is 42.8 Å². The quantitative estimate of drug-likeness (QED) is 0.549. The number of anilines is 1. The van der Waals surface area contributed by atoms with Crippen molar-refractivity contribution in [2.75, 3.05) is 5.32 Å². The lowest BCUT2D eigenvalue weighted by atomic mass is 10.1. The molecule has 0 aliphatic carbocycles. The summed E-state index contributed by atoms with van der Waals surface area (Å²) in [5.41, 5.74) is 4.19. The van der Waals surface area contributed by atoms with Gasteiger partial charge in [0, 0.05) is 29.8 Å². The van der Waals surface area contributed by atoms with Gasteiger partial charge >= 0.3 is 0 Å². The minimum absolute atomic E-state index is 0.291. The number of carbonyl (C=O) groups is 1. The second-order valence-electron chi connectivity index (χ2n) is 6.19. The highest BCUT2D eigenvalue weighted by Crippen LogP contribution is 2.30. The monoisotopic (exact) mass is 388 g/mol. The van der Waals surface area contributed by atoms with Crippen LogP contribution in [-0.2, 0) is 0 Å². The van der Waals surface area contributed by atoms with Crippen molar-refractivity contribution in [1.82, 2.24) is 19.9 Å². The number of aromatic amines is 1. The normalized spacial score (nSPS) is 10.6. The summed E-state index contributed by atoms with van der Waals surface area (Å²) < 4.78 is 0. The molecule has 0 bridgehead atoms. The van der Waals surface area contributed by atoms with Gasteiger partial charge in [-0.15, -0.1) is 0 Å². The van der Waals surface area contributed by atoms with Crippen molar-refractivity contribution in [3.05, 3.63) is 70.6 Å². The summed E-state index contributed by atoms with van der Waals surface area (Å²) in [5.74, 6) is 0.183. The highest BCUT2D eigenvalue weighted by molar-refractivity contribution is 6.33. The number of nitrogens with zero attached hydrogens (tertiary/aromatic N) is 4. The molecule has 2 N–H and O–H groups in total. The number of hydrogen-bond donors (Lipinski definition) is 2. The number of rotatable bonds is 3. The van der Waals surface area contributed by atoms with E-state index in [2.05, 4.69) is 25.3 Å². The van der Waals surface area contributed by atoms with E-state index in [1.807, 2.05) is 19.1 Å². The molecule has 1 amide bonds. The third-order valence-corrected chi connectivity index (χ3v) is 4.41. The Bertz CT molecular complexity index is 1260. The van der Waals surface area contributed by atoms with E-state index >= 15 is 0 Å².